The third-order valence-corrected chi connectivity index (χ3v) is 11.3. The molecule has 0 atom stereocenters. The van der Waals surface area contributed by atoms with E-state index in [1.54, 1.807) is 18.5 Å². The number of nitrogens with zero attached hydrogens (tertiary/aromatic N) is 3. The highest BCUT2D eigenvalue weighted by Gasteiger charge is 2.20. The molecule has 0 saturated heterocycles. The number of halogens is 1. The van der Waals surface area contributed by atoms with E-state index < -0.39 is 0 Å². The first kappa shape index (κ1) is 32.8. The molecule has 0 spiro atoms. The van der Waals surface area contributed by atoms with Crippen LogP contribution in [-0.4, -0.2) is 15.0 Å². The smallest absolute Gasteiger partial charge is 0.131 e. The first-order valence-corrected chi connectivity index (χ1v) is 19.1. The normalized spacial score (nSPS) is 11.6. The van der Waals surface area contributed by atoms with Crippen molar-refractivity contribution < 1.29 is 4.39 Å². The van der Waals surface area contributed by atoms with Gasteiger partial charge in [-0.3, -0.25) is 9.97 Å². The van der Waals surface area contributed by atoms with Gasteiger partial charge in [-0.15, -0.1) is 0 Å². The largest absolute Gasteiger partial charge is 0.264 e. The monoisotopic (exact) mass is 729 g/mol. The molecule has 0 fully saturated rings. The summed E-state index contributed by atoms with van der Waals surface area (Å²) in [5.41, 5.74) is 11.4. The molecule has 0 unspecified atom stereocenters. The molecule has 3 heterocycles. The zero-order chi connectivity index (χ0) is 37.9. The first-order valence-electron chi connectivity index (χ1n) is 19.1. The maximum atomic E-state index is 15.3. The van der Waals surface area contributed by atoms with E-state index >= 15 is 4.39 Å². The number of rotatable bonds is 5. The number of benzene rings is 8. The second-order valence-electron chi connectivity index (χ2n) is 14.5. The molecule has 0 radical (unpaired) electrons. The Kier molecular flexibility index (Phi) is 7.68. The van der Waals surface area contributed by atoms with Gasteiger partial charge in [0.25, 0.3) is 0 Å². The second-order valence-corrected chi connectivity index (χ2v) is 14.5. The van der Waals surface area contributed by atoms with Crippen molar-refractivity contribution in [2.75, 3.05) is 0 Å². The zero-order valence-corrected chi connectivity index (χ0v) is 30.7. The van der Waals surface area contributed by atoms with E-state index in [9.17, 15) is 0 Å². The molecule has 0 N–H and O–H groups in total. The Morgan fingerprint density at radius 2 is 0.842 bits per heavy atom. The van der Waals surface area contributed by atoms with Gasteiger partial charge in [0, 0.05) is 63.0 Å². The highest BCUT2D eigenvalue weighted by atomic mass is 19.1. The maximum Gasteiger partial charge on any atom is 0.131 e. The number of aromatic nitrogens is 3. The highest BCUT2D eigenvalue weighted by Crippen LogP contribution is 2.45. The predicted octanol–water partition coefficient (Wildman–Crippen LogP) is 14.1. The zero-order valence-electron chi connectivity index (χ0n) is 30.7. The second kappa shape index (κ2) is 13.3. The van der Waals surface area contributed by atoms with Crippen LogP contribution in [0.25, 0.3) is 110 Å². The summed E-state index contributed by atoms with van der Waals surface area (Å²) in [6, 6.07) is 58.5. The van der Waals surface area contributed by atoms with Crippen LogP contribution in [0.5, 0.6) is 0 Å². The Balaban J connectivity index is 1.10. The van der Waals surface area contributed by atoms with Crippen molar-refractivity contribution in [1.29, 1.82) is 0 Å². The fourth-order valence-corrected chi connectivity index (χ4v) is 8.57. The predicted molar refractivity (Wildman–Crippen MR) is 234 cm³/mol. The quantitative estimate of drug-likeness (QED) is 0.166. The average Bonchev–Trinajstić information content (AvgIpc) is 3.29. The van der Waals surface area contributed by atoms with E-state index in [2.05, 4.69) is 131 Å². The van der Waals surface area contributed by atoms with Crippen molar-refractivity contribution in [3.05, 3.63) is 200 Å². The standard InChI is InChI=1S/C53H32FN3/c54-49-24-23-47(43-13-1-4-14-44(43)49)53-52-46-16-6-3-12-42(46)41-11-2-5-15-45(41)51(52)48-22-21-35(30-50(48)57-53)33-17-19-34(20-18-33)38-27-39(36-9-7-25-55-31-36)29-40(28-38)37-10-8-26-56-32-37/h1-32H. The fourth-order valence-electron chi connectivity index (χ4n) is 8.57. The molecule has 3 nitrogen and oxygen atoms in total. The van der Waals surface area contributed by atoms with Crippen LogP contribution in [0.4, 0.5) is 4.39 Å². The van der Waals surface area contributed by atoms with Gasteiger partial charge >= 0.3 is 0 Å². The Bertz CT molecular complexity index is 3280. The molecular weight excluding hydrogens is 698 g/mol. The van der Waals surface area contributed by atoms with Gasteiger partial charge in [-0.2, -0.15) is 0 Å². The Labute approximate surface area is 328 Å². The molecule has 0 bridgehead atoms. The SMILES string of the molecule is Fc1ccc(-c2nc3cc(-c4ccc(-c5cc(-c6cccnc6)cc(-c6cccnc6)c5)cc4)ccc3c3c4ccccc4c4ccccc4c23)c2ccccc12. The van der Waals surface area contributed by atoms with Gasteiger partial charge in [0.05, 0.1) is 11.2 Å². The molecule has 11 rings (SSSR count). The molecule has 0 amide bonds. The van der Waals surface area contributed by atoms with E-state index in [0.717, 1.165) is 88.2 Å². The topological polar surface area (TPSA) is 38.7 Å². The van der Waals surface area contributed by atoms with Crippen LogP contribution in [0.1, 0.15) is 0 Å². The van der Waals surface area contributed by atoms with Gasteiger partial charge < -0.3 is 0 Å². The van der Waals surface area contributed by atoms with Crippen LogP contribution in [0.15, 0.2) is 195 Å². The molecule has 266 valence electrons. The Morgan fingerprint density at radius 3 is 1.44 bits per heavy atom. The van der Waals surface area contributed by atoms with Crippen LogP contribution in [0.2, 0.25) is 0 Å². The lowest BCUT2D eigenvalue weighted by atomic mass is 9.88. The molecule has 57 heavy (non-hydrogen) atoms. The van der Waals surface area contributed by atoms with Crippen LogP contribution < -0.4 is 0 Å². The van der Waals surface area contributed by atoms with Crippen LogP contribution in [0.3, 0.4) is 0 Å². The van der Waals surface area contributed by atoms with E-state index in [1.165, 1.54) is 16.2 Å². The number of pyridine rings is 3. The molecule has 11 aromatic rings. The summed E-state index contributed by atoms with van der Waals surface area (Å²) in [5.74, 6) is -0.238. The van der Waals surface area contributed by atoms with Gasteiger partial charge in [0.1, 0.15) is 5.82 Å². The molecule has 0 aliphatic carbocycles. The minimum absolute atomic E-state index is 0.238. The fraction of sp³-hybridized carbons (Fsp3) is 0. The summed E-state index contributed by atoms with van der Waals surface area (Å²) in [6.45, 7) is 0. The van der Waals surface area contributed by atoms with Crippen molar-refractivity contribution >= 4 is 54.0 Å². The Morgan fingerprint density at radius 1 is 0.333 bits per heavy atom. The van der Waals surface area contributed by atoms with Crippen LogP contribution in [-0.2, 0) is 0 Å². The minimum atomic E-state index is -0.238. The highest BCUT2D eigenvalue weighted by molar-refractivity contribution is 6.34. The van der Waals surface area contributed by atoms with Crippen LogP contribution in [0, 0.1) is 5.82 Å². The molecule has 4 heteroatoms. The number of hydrogen-bond acceptors (Lipinski definition) is 3. The number of hydrogen-bond donors (Lipinski definition) is 0. The summed E-state index contributed by atoms with van der Waals surface area (Å²) in [7, 11) is 0. The van der Waals surface area contributed by atoms with E-state index in [0.29, 0.717) is 5.39 Å². The molecule has 3 aromatic heterocycles. The lowest BCUT2D eigenvalue weighted by molar-refractivity contribution is 0.640. The lowest BCUT2D eigenvalue weighted by Gasteiger charge is -2.18. The minimum Gasteiger partial charge on any atom is -0.264 e. The molecular formula is C53H32FN3. The summed E-state index contributed by atoms with van der Waals surface area (Å²) in [4.78, 5) is 14.3. The summed E-state index contributed by atoms with van der Waals surface area (Å²) < 4.78 is 15.3. The van der Waals surface area contributed by atoms with Gasteiger partial charge in [0.15, 0.2) is 0 Å². The summed E-state index contributed by atoms with van der Waals surface area (Å²) >= 11 is 0. The third-order valence-electron chi connectivity index (χ3n) is 11.3. The van der Waals surface area contributed by atoms with E-state index in [4.69, 9.17) is 4.98 Å². The van der Waals surface area contributed by atoms with Crippen molar-refractivity contribution in [2.24, 2.45) is 0 Å². The Hall–Kier alpha value is -7.56. The van der Waals surface area contributed by atoms with Crippen LogP contribution >= 0.6 is 0 Å². The van der Waals surface area contributed by atoms with Gasteiger partial charge in [0.2, 0.25) is 0 Å². The third kappa shape index (κ3) is 5.53. The number of fused-ring (bicyclic) bond motifs is 9. The first-order chi connectivity index (χ1) is 28.2. The van der Waals surface area contributed by atoms with Crippen molar-refractivity contribution in [3.8, 4) is 55.8 Å². The molecule has 0 aliphatic heterocycles. The van der Waals surface area contributed by atoms with E-state index in [-0.39, 0.29) is 5.82 Å². The summed E-state index contributed by atoms with van der Waals surface area (Å²) in [6.07, 6.45) is 7.41. The van der Waals surface area contributed by atoms with Crippen molar-refractivity contribution in [3.63, 3.8) is 0 Å². The molecule has 0 saturated carbocycles. The van der Waals surface area contributed by atoms with Gasteiger partial charge in [-0.1, -0.05) is 121 Å². The van der Waals surface area contributed by atoms with Gasteiger partial charge in [-0.05, 0) is 109 Å². The summed E-state index contributed by atoms with van der Waals surface area (Å²) in [5, 5.41) is 9.40. The maximum absolute atomic E-state index is 15.3. The van der Waals surface area contributed by atoms with Gasteiger partial charge in [-0.25, -0.2) is 9.37 Å². The van der Waals surface area contributed by atoms with Crippen molar-refractivity contribution in [2.45, 2.75) is 0 Å². The molecule has 0 aliphatic rings. The van der Waals surface area contributed by atoms with Crippen molar-refractivity contribution in [1.82, 2.24) is 15.0 Å². The molecule has 8 aromatic carbocycles. The average molecular weight is 730 g/mol. The van der Waals surface area contributed by atoms with E-state index in [1.807, 2.05) is 54.9 Å². The lowest BCUT2D eigenvalue weighted by Crippen LogP contribution is -1.95.